The zero-order valence-electron chi connectivity index (χ0n) is 24.5. The number of halogens is 2. The first-order chi connectivity index (χ1) is 20.5. The molecule has 1 saturated carbocycles. The normalized spacial score (nSPS) is 17.3. The Morgan fingerprint density at radius 3 is 2.70 bits per heavy atom. The number of carbonyl (C=O) groups excluding carboxylic acids is 1. The lowest BCUT2D eigenvalue weighted by molar-refractivity contribution is 0.0783. The van der Waals surface area contributed by atoms with E-state index in [1.165, 1.54) is 7.11 Å². The van der Waals surface area contributed by atoms with Crippen molar-refractivity contribution in [1.82, 2.24) is 10.3 Å². The summed E-state index contributed by atoms with van der Waals surface area (Å²) < 4.78 is 5.47. The van der Waals surface area contributed by atoms with Crippen molar-refractivity contribution in [3.63, 3.8) is 0 Å². The summed E-state index contributed by atoms with van der Waals surface area (Å²) in [5.41, 5.74) is 9.32. The smallest absolute Gasteiger partial charge is 0.251 e. The van der Waals surface area contributed by atoms with Crippen LogP contribution in [0.15, 0.2) is 71.8 Å². The van der Waals surface area contributed by atoms with Crippen LogP contribution in [0.3, 0.4) is 0 Å². The van der Waals surface area contributed by atoms with Gasteiger partial charge in [-0.2, -0.15) is 0 Å². The van der Waals surface area contributed by atoms with Gasteiger partial charge in [-0.3, -0.25) is 14.8 Å². The highest BCUT2D eigenvalue weighted by Crippen LogP contribution is 2.37. The number of allylic oxidation sites excluding steroid dienone is 4. The number of nitrogen functional groups attached to an aromatic ring is 1. The summed E-state index contributed by atoms with van der Waals surface area (Å²) in [5, 5.41) is 15.0. The van der Waals surface area contributed by atoms with Crippen LogP contribution in [0.25, 0.3) is 11.3 Å². The molecule has 2 aliphatic carbocycles. The molecule has 43 heavy (non-hydrogen) atoms. The van der Waals surface area contributed by atoms with Gasteiger partial charge in [0.2, 0.25) is 0 Å². The number of methoxy groups -OCH3 is 1. The van der Waals surface area contributed by atoms with E-state index in [0.29, 0.717) is 62.0 Å². The number of aliphatic hydroxyl groups is 1. The maximum absolute atomic E-state index is 13.6. The zero-order valence-corrected chi connectivity index (χ0v) is 26.0. The molecule has 3 aromatic rings. The third-order valence-corrected chi connectivity index (χ3v) is 8.62. The molecule has 224 valence electrons. The Labute approximate surface area is 262 Å². The van der Waals surface area contributed by atoms with Crippen molar-refractivity contribution in [1.29, 1.82) is 0 Å². The van der Waals surface area contributed by atoms with Crippen molar-refractivity contribution in [3.8, 4) is 17.0 Å². The van der Waals surface area contributed by atoms with E-state index in [2.05, 4.69) is 22.5 Å². The highest BCUT2D eigenvalue weighted by molar-refractivity contribution is 6.43. The highest BCUT2D eigenvalue weighted by Gasteiger charge is 2.28. The molecule has 2 aliphatic rings. The van der Waals surface area contributed by atoms with Crippen LogP contribution < -0.4 is 15.8 Å². The fraction of sp³-hybridized carbons (Fsp3) is 0.324. The zero-order chi connectivity index (χ0) is 30.7. The number of benzene rings is 2. The molecule has 4 N–H and O–H groups in total. The van der Waals surface area contributed by atoms with Crippen LogP contribution in [0.4, 0.5) is 5.69 Å². The van der Waals surface area contributed by atoms with Crippen LogP contribution in [-0.2, 0) is 5.60 Å². The molecule has 1 amide bonds. The lowest BCUT2D eigenvalue weighted by atomic mass is 9.82. The second-order valence-electron chi connectivity index (χ2n) is 11.5. The number of pyridine rings is 1. The Morgan fingerprint density at radius 1 is 1.23 bits per heavy atom. The first-order valence-corrected chi connectivity index (χ1v) is 15.1. The van der Waals surface area contributed by atoms with Gasteiger partial charge in [-0.05, 0) is 74.9 Å². The van der Waals surface area contributed by atoms with Crippen LogP contribution in [0.2, 0.25) is 10.0 Å². The van der Waals surface area contributed by atoms with E-state index in [0.717, 1.165) is 25.0 Å². The maximum atomic E-state index is 13.6. The van der Waals surface area contributed by atoms with E-state index in [9.17, 15) is 9.90 Å². The summed E-state index contributed by atoms with van der Waals surface area (Å²) in [6.07, 6.45) is 12.9. The van der Waals surface area contributed by atoms with E-state index in [-0.39, 0.29) is 17.7 Å². The minimum atomic E-state index is -1.15. The van der Waals surface area contributed by atoms with Crippen molar-refractivity contribution in [2.75, 3.05) is 19.4 Å². The number of amides is 1. The van der Waals surface area contributed by atoms with Gasteiger partial charge < -0.3 is 20.9 Å². The van der Waals surface area contributed by atoms with Crippen molar-refractivity contribution >= 4 is 41.0 Å². The standard InChI is InChI=1S/C34H36Cl2N4O3/c1-34(2,42)23-16-28(25-10-7-11-27(35)31(25)36)40-29(17-23)26(20-8-5-4-6-9-20)19-39-33(41)21-14-22(18-38-24-12-13-24)32(37)30(15-21)43-3/h4-8,10-11,14-18,20,24,26,42H,9,12-13,19,37H2,1-3H3,(H,39,41). The molecule has 1 fully saturated rings. The number of aromatic nitrogens is 1. The van der Waals surface area contributed by atoms with Crippen LogP contribution in [0.1, 0.15) is 66.2 Å². The Kier molecular flexibility index (Phi) is 9.25. The van der Waals surface area contributed by atoms with Gasteiger partial charge in [0.05, 0.1) is 40.2 Å². The van der Waals surface area contributed by atoms with E-state index in [1.807, 2.05) is 36.4 Å². The molecule has 5 rings (SSSR count). The van der Waals surface area contributed by atoms with Gasteiger partial charge in [0, 0.05) is 41.1 Å². The summed E-state index contributed by atoms with van der Waals surface area (Å²) in [7, 11) is 1.53. The van der Waals surface area contributed by atoms with Crippen LogP contribution >= 0.6 is 23.2 Å². The average Bonchev–Trinajstić information content (AvgIpc) is 3.82. The Morgan fingerprint density at radius 2 is 2.02 bits per heavy atom. The number of carbonyl (C=O) groups is 1. The largest absolute Gasteiger partial charge is 0.495 e. The molecule has 0 spiro atoms. The third kappa shape index (κ3) is 7.29. The number of nitrogens with two attached hydrogens (primary N) is 1. The summed E-state index contributed by atoms with van der Waals surface area (Å²) in [6, 6.07) is 12.8. The number of nitrogens with zero attached hydrogens (tertiary/aromatic N) is 2. The summed E-state index contributed by atoms with van der Waals surface area (Å²) in [4.78, 5) is 23.1. The minimum Gasteiger partial charge on any atom is -0.495 e. The molecule has 0 bridgehead atoms. The monoisotopic (exact) mass is 618 g/mol. The molecule has 9 heteroatoms. The predicted octanol–water partition coefficient (Wildman–Crippen LogP) is 7.10. The molecule has 0 radical (unpaired) electrons. The molecular weight excluding hydrogens is 583 g/mol. The SMILES string of the molecule is COc1cc(C(=O)NCC(c2cc(C(C)(C)O)cc(-c3cccc(Cl)c3Cl)n2)C2C=CC=CC2)cc(C=NC2CC2)c1N. The quantitative estimate of drug-likeness (QED) is 0.166. The molecule has 2 atom stereocenters. The number of hydrogen-bond donors (Lipinski definition) is 3. The fourth-order valence-electron chi connectivity index (χ4n) is 5.08. The molecule has 0 aliphatic heterocycles. The first-order valence-electron chi connectivity index (χ1n) is 14.4. The second kappa shape index (κ2) is 12.9. The highest BCUT2D eigenvalue weighted by atomic mass is 35.5. The first kappa shape index (κ1) is 30.8. The van der Waals surface area contributed by atoms with E-state index in [4.69, 9.17) is 38.7 Å². The number of aliphatic imine (C=N–C) groups is 1. The van der Waals surface area contributed by atoms with Gasteiger partial charge in [0.25, 0.3) is 5.91 Å². The topological polar surface area (TPSA) is 110 Å². The van der Waals surface area contributed by atoms with Crippen LogP contribution in [0.5, 0.6) is 5.75 Å². The van der Waals surface area contributed by atoms with Gasteiger partial charge in [0.1, 0.15) is 5.75 Å². The fourth-order valence-corrected chi connectivity index (χ4v) is 5.47. The minimum absolute atomic E-state index is 0.0553. The van der Waals surface area contributed by atoms with Gasteiger partial charge >= 0.3 is 0 Å². The number of rotatable bonds is 10. The number of hydrogen-bond acceptors (Lipinski definition) is 6. The Hall–Kier alpha value is -3.65. The summed E-state index contributed by atoms with van der Waals surface area (Å²) in [5.74, 6) is -0.00342. The lowest BCUT2D eigenvalue weighted by Crippen LogP contribution is -2.32. The average molecular weight is 620 g/mol. The second-order valence-corrected chi connectivity index (χ2v) is 12.3. The molecule has 1 heterocycles. The van der Waals surface area contributed by atoms with Gasteiger partial charge in [-0.15, -0.1) is 0 Å². The van der Waals surface area contributed by atoms with E-state index in [1.54, 1.807) is 38.3 Å². The van der Waals surface area contributed by atoms with Crippen molar-refractivity contribution < 1.29 is 14.6 Å². The Bertz CT molecular complexity index is 1610. The number of anilines is 1. The molecule has 1 aromatic heterocycles. The predicted molar refractivity (Wildman–Crippen MR) is 174 cm³/mol. The molecule has 0 saturated heterocycles. The summed E-state index contributed by atoms with van der Waals surface area (Å²) in [6.45, 7) is 3.76. The number of ether oxygens (including phenoxy) is 1. The molecule has 2 aromatic carbocycles. The van der Waals surface area contributed by atoms with Gasteiger partial charge in [-0.25, -0.2) is 0 Å². The van der Waals surface area contributed by atoms with Crippen molar-refractivity contribution in [2.45, 2.75) is 50.7 Å². The summed E-state index contributed by atoms with van der Waals surface area (Å²) >= 11 is 12.9. The van der Waals surface area contributed by atoms with Gasteiger partial charge in [0.15, 0.2) is 0 Å². The van der Waals surface area contributed by atoms with E-state index < -0.39 is 5.60 Å². The van der Waals surface area contributed by atoms with Crippen LogP contribution in [-0.4, -0.2) is 41.9 Å². The van der Waals surface area contributed by atoms with E-state index >= 15 is 0 Å². The van der Waals surface area contributed by atoms with Crippen LogP contribution in [0, 0.1) is 5.92 Å². The molecule has 7 nitrogen and oxygen atoms in total. The number of nitrogens with one attached hydrogen (secondary N) is 1. The molecule has 2 unspecified atom stereocenters. The molecular formula is C34H36Cl2N4O3. The third-order valence-electron chi connectivity index (χ3n) is 7.80. The Balaban J connectivity index is 1.50. The van der Waals surface area contributed by atoms with Crippen molar-refractivity contribution in [3.05, 3.63) is 99.2 Å². The van der Waals surface area contributed by atoms with Gasteiger partial charge in [-0.1, -0.05) is 59.6 Å². The maximum Gasteiger partial charge on any atom is 0.251 e. The lowest BCUT2D eigenvalue weighted by Gasteiger charge is -2.28. The van der Waals surface area contributed by atoms with Crippen molar-refractivity contribution in [2.24, 2.45) is 10.9 Å².